The van der Waals surface area contributed by atoms with E-state index in [4.69, 9.17) is 4.74 Å². The summed E-state index contributed by atoms with van der Waals surface area (Å²) in [6.07, 6.45) is -4.28. The van der Waals surface area contributed by atoms with Crippen molar-refractivity contribution in [1.29, 1.82) is 0 Å². The van der Waals surface area contributed by atoms with Crippen molar-refractivity contribution in [3.63, 3.8) is 0 Å². The van der Waals surface area contributed by atoms with Crippen LogP contribution in [0.3, 0.4) is 0 Å². The van der Waals surface area contributed by atoms with E-state index < -0.39 is 17.3 Å². The molecule has 1 rings (SSSR count). The monoisotopic (exact) mass is 218 g/mol. The van der Waals surface area contributed by atoms with Gasteiger partial charge in [-0.1, -0.05) is 12.1 Å². The van der Waals surface area contributed by atoms with Crippen LogP contribution < -0.4 is 0 Å². The summed E-state index contributed by atoms with van der Waals surface area (Å²) < 4.78 is 42.0. The van der Waals surface area contributed by atoms with Crippen molar-refractivity contribution in [2.45, 2.75) is 25.6 Å². The number of benzene rings is 1. The van der Waals surface area contributed by atoms with Crippen LogP contribution in [0, 0.1) is 0 Å². The van der Waals surface area contributed by atoms with Gasteiger partial charge in [-0.15, -0.1) is 0 Å². The molecule has 0 amide bonds. The zero-order valence-electron chi connectivity index (χ0n) is 8.85. The zero-order valence-corrected chi connectivity index (χ0v) is 8.85. The maximum Gasteiger partial charge on any atom is 0.416 e. The lowest BCUT2D eigenvalue weighted by Gasteiger charge is -2.23. The molecule has 0 bridgehead atoms. The fourth-order valence-corrected chi connectivity index (χ4v) is 1.18. The van der Waals surface area contributed by atoms with E-state index >= 15 is 0 Å². The first-order chi connectivity index (χ1) is 6.77. The summed E-state index contributed by atoms with van der Waals surface area (Å²) in [5.74, 6) is 0. The average molecular weight is 218 g/mol. The number of hydrogen-bond acceptors (Lipinski definition) is 1. The second-order valence-electron chi connectivity index (χ2n) is 3.79. The highest BCUT2D eigenvalue weighted by atomic mass is 19.4. The summed E-state index contributed by atoms with van der Waals surface area (Å²) >= 11 is 0. The van der Waals surface area contributed by atoms with Crippen LogP contribution in [0.15, 0.2) is 24.3 Å². The van der Waals surface area contributed by atoms with Gasteiger partial charge in [0.1, 0.15) is 0 Å². The molecule has 0 atom stereocenters. The summed E-state index contributed by atoms with van der Waals surface area (Å²) in [5, 5.41) is 0. The zero-order chi connectivity index (χ0) is 11.7. The molecule has 0 N–H and O–H groups in total. The van der Waals surface area contributed by atoms with E-state index in [1.807, 2.05) is 0 Å². The van der Waals surface area contributed by atoms with Crippen LogP contribution in [0.5, 0.6) is 0 Å². The van der Waals surface area contributed by atoms with Crippen LogP contribution in [-0.4, -0.2) is 7.11 Å². The lowest BCUT2D eigenvalue weighted by Crippen LogP contribution is -2.19. The molecule has 0 fully saturated rings. The number of halogens is 3. The van der Waals surface area contributed by atoms with Crippen molar-refractivity contribution in [2.24, 2.45) is 0 Å². The summed E-state index contributed by atoms with van der Waals surface area (Å²) in [5.41, 5.74) is -0.486. The Morgan fingerprint density at radius 3 is 1.67 bits per heavy atom. The van der Waals surface area contributed by atoms with Gasteiger partial charge >= 0.3 is 6.18 Å². The minimum absolute atomic E-state index is 0.565. The Morgan fingerprint density at radius 1 is 0.933 bits per heavy atom. The van der Waals surface area contributed by atoms with Crippen LogP contribution in [-0.2, 0) is 16.5 Å². The van der Waals surface area contributed by atoms with Gasteiger partial charge in [0.05, 0.1) is 11.2 Å². The molecule has 0 spiro atoms. The van der Waals surface area contributed by atoms with E-state index in [0.717, 1.165) is 17.7 Å². The van der Waals surface area contributed by atoms with Gasteiger partial charge in [0.25, 0.3) is 0 Å². The molecule has 0 saturated carbocycles. The molecule has 0 aromatic heterocycles. The van der Waals surface area contributed by atoms with E-state index in [9.17, 15) is 13.2 Å². The Kier molecular flexibility index (Phi) is 3.09. The number of alkyl halides is 3. The molecule has 1 nitrogen and oxygen atoms in total. The Bertz CT molecular complexity index is 325. The van der Waals surface area contributed by atoms with E-state index in [1.54, 1.807) is 13.8 Å². The van der Waals surface area contributed by atoms with Gasteiger partial charge in [0.2, 0.25) is 0 Å². The molecule has 84 valence electrons. The predicted molar refractivity (Wildman–Crippen MR) is 51.5 cm³/mol. The number of rotatable bonds is 2. The van der Waals surface area contributed by atoms with Crippen molar-refractivity contribution >= 4 is 0 Å². The first kappa shape index (κ1) is 12.0. The Labute approximate surface area is 86.9 Å². The van der Waals surface area contributed by atoms with Crippen molar-refractivity contribution < 1.29 is 17.9 Å². The minimum atomic E-state index is -4.28. The van der Waals surface area contributed by atoms with E-state index in [0.29, 0.717) is 0 Å². The Hall–Kier alpha value is -1.03. The van der Waals surface area contributed by atoms with Gasteiger partial charge in [-0.2, -0.15) is 13.2 Å². The molecule has 0 aliphatic heterocycles. The summed E-state index contributed by atoms with van der Waals surface area (Å²) in [4.78, 5) is 0. The van der Waals surface area contributed by atoms with E-state index in [-0.39, 0.29) is 0 Å². The lowest BCUT2D eigenvalue weighted by atomic mass is 9.97. The first-order valence-electron chi connectivity index (χ1n) is 4.50. The molecule has 1 aromatic rings. The van der Waals surface area contributed by atoms with Crippen molar-refractivity contribution in [3.05, 3.63) is 35.4 Å². The summed E-state index contributed by atoms with van der Waals surface area (Å²) in [7, 11) is 1.53. The molecule has 0 aliphatic rings. The van der Waals surface area contributed by atoms with Gasteiger partial charge in [0, 0.05) is 7.11 Å². The summed E-state index contributed by atoms with van der Waals surface area (Å²) in [6.45, 7) is 3.60. The smallest absolute Gasteiger partial charge is 0.374 e. The van der Waals surface area contributed by atoms with Crippen molar-refractivity contribution in [1.82, 2.24) is 0 Å². The van der Waals surface area contributed by atoms with Gasteiger partial charge in [-0.25, -0.2) is 0 Å². The molecule has 0 unspecified atom stereocenters. The number of hydrogen-bond donors (Lipinski definition) is 0. The maximum atomic E-state index is 12.3. The molecule has 1 aromatic carbocycles. The fourth-order valence-electron chi connectivity index (χ4n) is 1.18. The van der Waals surface area contributed by atoms with Crippen LogP contribution in [0.2, 0.25) is 0 Å². The van der Waals surface area contributed by atoms with Crippen LogP contribution >= 0.6 is 0 Å². The standard InChI is InChI=1S/C11H13F3O/c1-10(2,15-3)8-4-6-9(7-5-8)11(12,13)14/h4-7H,1-3H3. The number of ether oxygens (including phenoxy) is 1. The second kappa shape index (κ2) is 3.85. The Balaban J connectivity index is 3.01. The van der Waals surface area contributed by atoms with Gasteiger partial charge in [-0.3, -0.25) is 0 Å². The molecule has 0 aliphatic carbocycles. The summed E-state index contributed by atoms with van der Waals surface area (Å²) in [6, 6.07) is 5.00. The quantitative estimate of drug-likeness (QED) is 0.737. The normalized spacial score (nSPS) is 12.9. The minimum Gasteiger partial charge on any atom is -0.374 e. The molecular formula is C11H13F3O. The Morgan fingerprint density at radius 2 is 1.33 bits per heavy atom. The highest BCUT2D eigenvalue weighted by molar-refractivity contribution is 5.28. The second-order valence-corrected chi connectivity index (χ2v) is 3.79. The van der Waals surface area contributed by atoms with Crippen molar-refractivity contribution in [2.75, 3.05) is 7.11 Å². The van der Waals surface area contributed by atoms with Crippen LogP contribution in [0.4, 0.5) is 13.2 Å². The topological polar surface area (TPSA) is 9.23 Å². The highest BCUT2D eigenvalue weighted by Gasteiger charge is 2.30. The van der Waals surface area contributed by atoms with E-state index in [2.05, 4.69) is 0 Å². The van der Waals surface area contributed by atoms with Gasteiger partial charge in [-0.05, 0) is 31.5 Å². The molecule has 0 heterocycles. The molecule has 0 saturated heterocycles. The third kappa shape index (κ3) is 2.72. The first-order valence-corrected chi connectivity index (χ1v) is 4.50. The predicted octanol–water partition coefficient (Wildman–Crippen LogP) is 3.59. The van der Waals surface area contributed by atoms with E-state index in [1.165, 1.54) is 19.2 Å². The molecule has 4 heteroatoms. The largest absolute Gasteiger partial charge is 0.416 e. The lowest BCUT2D eigenvalue weighted by molar-refractivity contribution is -0.137. The number of methoxy groups -OCH3 is 1. The van der Waals surface area contributed by atoms with Gasteiger partial charge < -0.3 is 4.74 Å². The maximum absolute atomic E-state index is 12.3. The van der Waals surface area contributed by atoms with Crippen molar-refractivity contribution in [3.8, 4) is 0 Å². The SMILES string of the molecule is COC(C)(C)c1ccc(C(F)(F)F)cc1. The van der Waals surface area contributed by atoms with Gasteiger partial charge in [0.15, 0.2) is 0 Å². The van der Waals surface area contributed by atoms with Crippen LogP contribution in [0.1, 0.15) is 25.0 Å². The third-order valence-electron chi connectivity index (χ3n) is 2.42. The molecule has 15 heavy (non-hydrogen) atoms. The average Bonchev–Trinajstić information content (AvgIpc) is 2.17. The third-order valence-corrected chi connectivity index (χ3v) is 2.42. The fraction of sp³-hybridized carbons (Fsp3) is 0.455. The van der Waals surface area contributed by atoms with Crippen LogP contribution in [0.25, 0.3) is 0 Å². The highest BCUT2D eigenvalue weighted by Crippen LogP contribution is 2.31. The molecule has 0 radical (unpaired) electrons. The molecular weight excluding hydrogens is 205 g/mol.